The predicted molar refractivity (Wildman–Crippen MR) is 78.8 cm³/mol. The molecule has 0 saturated carbocycles. The van der Waals surface area contributed by atoms with E-state index in [1.165, 1.54) is 0 Å². The van der Waals surface area contributed by atoms with Crippen molar-refractivity contribution >= 4 is 16.8 Å². The number of nitrogens with zero attached hydrogens (tertiary/aromatic N) is 2. The molecule has 1 amide bonds. The lowest BCUT2D eigenvalue weighted by molar-refractivity contribution is 0.0700. The molecule has 2 N–H and O–H groups in total. The first-order valence-electron chi connectivity index (χ1n) is 7.09. The van der Waals surface area contributed by atoms with Crippen LogP contribution in [-0.4, -0.2) is 47.2 Å². The zero-order chi connectivity index (χ0) is 14.1. The van der Waals surface area contributed by atoms with Crippen molar-refractivity contribution in [3.63, 3.8) is 0 Å². The average molecular weight is 272 g/mol. The highest BCUT2D eigenvalue weighted by atomic mass is 16.2. The van der Waals surface area contributed by atoms with Crippen molar-refractivity contribution in [3.05, 3.63) is 29.5 Å². The molecule has 5 nitrogen and oxygen atoms in total. The summed E-state index contributed by atoms with van der Waals surface area (Å²) in [5, 5.41) is 11.3. The van der Waals surface area contributed by atoms with Gasteiger partial charge in [0.25, 0.3) is 5.91 Å². The van der Waals surface area contributed by atoms with Gasteiger partial charge in [-0.1, -0.05) is 0 Å². The van der Waals surface area contributed by atoms with E-state index in [2.05, 4.69) is 15.5 Å². The Hall–Kier alpha value is -1.88. The summed E-state index contributed by atoms with van der Waals surface area (Å²) in [6.45, 7) is 3.62. The zero-order valence-corrected chi connectivity index (χ0v) is 11.9. The van der Waals surface area contributed by atoms with Gasteiger partial charge in [0.1, 0.15) is 0 Å². The first kappa shape index (κ1) is 13.1. The van der Waals surface area contributed by atoms with Crippen LogP contribution in [0.3, 0.4) is 0 Å². The number of fused-ring (bicyclic) bond motifs is 1. The Labute approximate surface area is 118 Å². The molecular weight excluding hydrogens is 252 g/mol. The molecule has 1 unspecified atom stereocenters. The van der Waals surface area contributed by atoms with E-state index in [1.807, 2.05) is 31.0 Å². The first-order chi connectivity index (χ1) is 9.69. The smallest absolute Gasteiger partial charge is 0.256 e. The number of hydrogen-bond donors (Lipinski definition) is 2. The van der Waals surface area contributed by atoms with Crippen LogP contribution < -0.4 is 5.32 Å². The second-order valence-electron chi connectivity index (χ2n) is 5.53. The van der Waals surface area contributed by atoms with Crippen molar-refractivity contribution in [1.29, 1.82) is 0 Å². The van der Waals surface area contributed by atoms with E-state index in [0.29, 0.717) is 6.04 Å². The van der Waals surface area contributed by atoms with E-state index in [4.69, 9.17) is 0 Å². The summed E-state index contributed by atoms with van der Waals surface area (Å²) in [4.78, 5) is 14.7. The number of H-pyrrole nitrogens is 1. The van der Waals surface area contributed by atoms with Gasteiger partial charge in [-0.05, 0) is 44.5 Å². The third-order valence-electron chi connectivity index (χ3n) is 4.04. The van der Waals surface area contributed by atoms with Crippen LogP contribution in [0, 0.1) is 6.92 Å². The average Bonchev–Trinajstić information content (AvgIpc) is 2.93. The lowest BCUT2D eigenvalue weighted by atomic mass is 10.0. The van der Waals surface area contributed by atoms with Crippen molar-refractivity contribution in [2.75, 3.05) is 20.1 Å². The van der Waals surface area contributed by atoms with Gasteiger partial charge < -0.3 is 10.2 Å². The number of carbonyl (C=O) groups excluding carboxylic acids is 1. The first-order valence-corrected chi connectivity index (χ1v) is 7.09. The summed E-state index contributed by atoms with van der Waals surface area (Å²) in [6, 6.07) is 4.39. The number of likely N-dealkylation sites (N-methyl/N-ethyl adjacent to an activating group) is 1. The lowest BCUT2D eigenvalue weighted by Gasteiger charge is -2.32. The van der Waals surface area contributed by atoms with Gasteiger partial charge in [-0.25, -0.2) is 0 Å². The molecule has 0 spiro atoms. The highest BCUT2D eigenvalue weighted by Gasteiger charge is 2.25. The summed E-state index contributed by atoms with van der Waals surface area (Å²) in [5.74, 6) is 0.0999. The normalized spacial score (nSPS) is 19.5. The maximum absolute atomic E-state index is 12.8. The predicted octanol–water partition coefficient (Wildman–Crippen LogP) is 1.70. The van der Waals surface area contributed by atoms with Crippen LogP contribution >= 0.6 is 0 Å². The highest BCUT2D eigenvalue weighted by molar-refractivity contribution is 6.05. The van der Waals surface area contributed by atoms with Crippen molar-refractivity contribution < 1.29 is 4.79 Å². The minimum atomic E-state index is 0.0999. The van der Waals surface area contributed by atoms with Gasteiger partial charge in [0.15, 0.2) is 0 Å². The Balaban J connectivity index is 1.94. The summed E-state index contributed by atoms with van der Waals surface area (Å²) in [7, 11) is 1.96. The number of aryl methyl sites for hydroxylation is 1. The molecule has 1 aliphatic rings. The fraction of sp³-hybridized carbons (Fsp3) is 0.467. The fourth-order valence-corrected chi connectivity index (χ4v) is 2.94. The van der Waals surface area contributed by atoms with Crippen LogP contribution in [-0.2, 0) is 0 Å². The largest absolute Gasteiger partial charge is 0.337 e. The van der Waals surface area contributed by atoms with Crippen LogP contribution in [0.15, 0.2) is 18.3 Å². The molecule has 1 atom stereocenters. The lowest BCUT2D eigenvalue weighted by Crippen LogP contribution is -2.47. The van der Waals surface area contributed by atoms with Gasteiger partial charge in [-0.3, -0.25) is 9.89 Å². The Kier molecular flexibility index (Phi) is 3.44. The summed E-state index contributed by atoms with van der Waals surface area (Å²) >= 11 is 0. The molecular formula is C15H20N4O. The monoisotopic (exact) mass is 272 g/mol. The van der Waals surface area contributed by atoms with E-state index < -0.39 is 0 Å². The number of nitrogens with one attached hydrogen (secondary N) is 2. The molecule has 20 heavy (non-hydrogen) atoms. The minimum absolute atomic E-state index is 0.0999. The summed E-state index contributed by atoms with van der Waals surface area (Å²) in [5.41, 5.74) is 2.66. The number of aromatic amines is 1. The Morgan fingerprint density at radius 2 is 2.35 bits per heavy atom. The van der Waals surface area contributed by atoms with Gasteiger partial charge >= 0.3 is 0 Å². The quantitative estimate of drug-likeness (QED) is 0.874. The molecule has 3 rings (SSSR count). The third kappa shape index (κ3) is 2.29. The number of aromatic nitrogens is 2. The number of carbonyl (C=O) groups is 1. The molecule has 1 aromatic heterocycles. The zero-order valence-electron chi connectivity index (χ0n) is 11.9. The molecule has 2 aromatic rings. The maximum atomic E-state index is 12.8. The fourth-order valence-electron chi connectivity index (χ4n) is 2.94. The van der Waals surface area contributed by atoms with Crippen molar-refractivity contribution in [2.45, 2.75) is 25.8 Å². The van der Waals surface area contributed by atoms with Crippen LogP contribution in [0.2, 0.25) is 0 Å². The second-order valence-corrected chi connectivity index (χ2v) is 5.53. The molecule has 1 aliphatic heterocycles. The van der Waals surface area contributed by atoms with Gasteiger partial charge in [0, 0.05) is 24.5 Å². The van der Waals surface area contributed by atoms with Gasteiger partial charge in [0.2, 0.25) is 0 Å². The number of hydrogen-bond acceptors (Lipinski definition) is 3. The Morgan fingerprint density at radius 3 is 3.15 bits per heavy atom. The number of piperidine rings is 1. The number of benzene rings is 1. The molecule has 0 aliphatic carbocycles. The standard InChI is InChI=1S/C15H20N4O/c1-10-6-11-8-17-18-14(11)13(7-10)15(20)19-5-3-4-12(9-19)16-2/h6-8,12,16H,3-5,9H2,1-2H3,(H,17,18). The Bertz CT molecular complexity index is 634. The van der Waals surface area contributed by atoms with Crippen molar-refractivity contribution in [3.8, 4) is 0 Å². The maximum Gasteiger partial charge on any atom is 0.256 e. The van der Waals surface area contributed by atoms with Crippen LogP contribution in [0.4, 0.5) is 0 Å². The van der Waals surface area contributed by atoms with Gasteiger partial charge in [-0.2, -0.15) is 5.10 Å². The second kappa shape index (κ2) is 5.25. The number of amides is 1. The van der Waals surface area contributed by atoms with Gasteiger partial charge in [0.05, 0.1) is 17.3 Å². The van der Waals surface area contributed by atoms with E-state index in [1.54, 1.807) is 6.20 Å². The molecule has 0 radical (unpaired) electrons. The highest BCUT2D eigenvalue weighted by Crippen LogP contribution is 2.22. The molecule has 0 bridgehead atoms. The van der Waals surface area contributed by atoms with E-state index >= 15 is 0 Å². The number of likely N-dealkylation sites (tertiary alicyclic amines) is 1. The summed E-state index contributed by atoms with van der Waals surface area (Å²) < 4.78 is 0. The van der Waals surface area contributed by atoms with E-state index in [-0.39, 0.29) is 5.91 Å². The van der Waals surface area contributed by atoms with Gasteiger partial charge in [-0.15, -0.1) is 0 Å². The molecule has 5 heteroatoms. The molecule has 1 aromatic carbocycles. The SMILES string of the molecule is CNC1CCCN(C(=O)c2cc(C)cc3cn[nH]c23)C1. The van der Waals surface area contributed by atoms with Crippen LogP contribution in [0.1, 0.15) is 28.8 Å². The molecule has 1 saturated heterocycles. The van der Waals surface area contributed by atoms with Crippen LogP contribution in [0.25, 0.3) is 10.9 Å². The van der Waals surface area contributed by atoms with Crippen molar-refractivity contribution in [1.82, 2.24) is 20.4 Å². The topological polar surface area (TPSA) is 61.0 Å². The van der Waals surface area contributed by atoms with Crippen molar-refractivity contribution in [2.24, 2.45) is 0 Å². The van der Waals surface area contributed by atoms with Crippen LogP contribution in [0.5, 0.6) is 0 Å². The molecule has 106 valence electrons. The Morgan fingerprint density at radius 1 is 1.50 bits per heavy atom. The summed E-state index contributed by atoms with van der Waals surface area (Å²) in [6.07, 6.45) is 3.95. The number of rotatable bonds is 2. The van der Waals surface area contributed by atoms with E-state index in [0.717, 1.165) is 48.0 Å². The third-order valence-corrected chi connectivity index (χ3v) is 4.04. The molecule has 2 heterocycles. The minimum Gasteiger partial charge on any atom is -0.337 e. The van der Waals surface area contributed by atoms with E-state index in [9.17, 15) is 4.79 Å². The molecule has 1 fully saturated rings.